The van der Waals surface area contributed by atoms with Crippen LogP contribution in [0.5, 0.6) is 0 Å². The minimum Gasteiger partial charge on any atom is -0.293 e. The Morgan fingerprint density at radius 2 is 1.59 bits per heavy atom. The molecular weight excluding hydrogens is 373 g/mol. The second-order valence-electron chi connectivity index (χ2n) is 7.21. The number of fused-ring (bicyclic) bond motifs is 1. The van der Waals surface area contributed by atoms with Crippen molar-refractivity contribution in [2.24, 2.45) is 0 Å². The van der Waals surface area contributed by atoms with E-state index in [1.807, 2.05) is 30.3 Å². The summed E-state index contributed by atoms with van der Waals surface area (Å²) >= 11 is 0. The van der Waals surface area contributed by atoms with Gasteiger partial charge in [-0.25, -0.2) is 0 Å². The highest BCUT2D eigenvalue weighted by Crippen LogP contribution is 2.44. The number of halogens is 3. The minimum atomic E-state index is -4.40. The highest BCUT2D eigenvalue weighted by Gasteiger charge is 2.36. The monoisotopic (exact) mass is 392 g/mol. The topological polar surface area (TPSA) is 17.1 Å². The number of carbonyl (C=O) groups is 1. The van der Waals surface area contributed by atoms with Crippen LogP contribution in [-0.4, -0.2) is 5.78 Å². The van der Waals surface area contributed by atoms with Crippen LogP contribution >= 0.6 is 0 Å². The Bertz CT molecular complexity index is 1110. The molecule has 29 heavy (non-hydrogen) atoms. The van der Waals surface area contributed by atoms with E-state index in [0.29, 0.717) is 16.7 Å². The Morgan fingerprint density at radius 1 is 0.897 bits per heavy atom. The van der Waals surface area contributed by atoms with E-state index in [1.54, 1.807) is 6.07 Å². The highest BCUT2D eigenvalue weighted by molar-refractivity contribution is 6.17. The molecule has 0 bridgehead atoms. The zero-order valence-corrected chi connectivity index (χ0v) is 15.9. The zero-order chi connectivity index (χ0) is 20.8. The van der Waals surface area contributed by atoms with Crippen molar-refractivity contribution >= 4 is 11.4 Å². The molecule has 0 radical (unpaired) electrons. The lowest BCUT2D eigenvalue weighted by atomic mass is 9.91. The first kappa shape index (κ1) is 19.2. The molecule has 146 valence electrons. The first-order chi connectivity index (χ1) is 13.8. The van der Waals surface area contributed by atoms with Gasteiger partial charge in [0, 0.05) is 5.56 Å². The van der Waals surface area contributed by atoms with Gasteiger partial charge in [0.1, 0.15) is 0 Å². The molecule has 4 heteroatoms. The Hall–Kier alpha value is -3.14. The first-order valence-corrected chi connectivity index (χ1v) is 9.44. The predicted molar refractivity (Wildman–Crippen MR) is 109 cm³/mol. The molecule has 1 nitrogen and oxygen atoms in total. The SMILES string of the molecule is C=C1c2cc(-c3ccccc3CC)ccc2C(=O)C1c1ccc(C(F)(F)F)cc1. The van der Waals surface area contributed by atoms with E-state index in [0.717, 1.165) is 35.2 Å². The van der Waals surface area contributed by atoms with Gasteiger partial charge in [-0.1, -0.05) is 62.0 Å². The van der Waals surface area contributed by atoms with E-state index in [-0.39, 0.29) is 5.78 Å². The molecule has 1 unspecified atom stereocenters. The normalized spacial score (nSPS) is 16.2. The molecule has 0 N–H and O–H groups in total. The van der Waals surface area contributed by atoms with Crippen LogP contribution in [0.15, 0.2) is 73.3 Å². The van der Waals surface area contributed by atoms with E-state index < -0.39 is 17.7 Å². The molecule has 0 aromatic heterocycles. The molecule has 1 atom stereocenters. The van der Waals surface area contributed by atoms with Crippen LogP contribution in [-0.2, 0) is 12.6 Å². The van der Waals surface area contributed by atoms with Crippen LogP contribution in [0.4, 0.5) is 13.2 Å². The number of allylic oxidation sites excluding steroid dienone is 1. The van der Waals surface area contributed by atoms with Gasteiger partial charge in [0.15, 0.2) is 5.78 Å². The number of hydrogen-bond acceptors (Lipinski definition) is 1. The predicted octanol–water partition coefficient (Wildman–Crippen LogP) is 6.93. The molecule has 4 rings (SSSR count). The number of aryl methyl sites for hydroxylation is 1. The second kappa shape index (κ2) is 7.03. The van der Waals surface area contributed by atoms with Crippen molar-refractivity contribution in [1.82, 2.24) is 0 Å². The molecule has 0 amide bonds. The third-order valence-corrected chi connectivity index (χ3v) is 5.52. The molecule has 3 aromatic rings. The number of carbonyl (C=O) groups excluding carboxylic acids is 1. The van der Waals surface area contributed by atoms with Crippen molar-refractivity contribution in [3.63, 3.8) is 0 Å². The Morgan fingerprint density at radius 3 is 2.24 bits per heavy atom. The van der Waals surface area contributed by atoms with E-state index in [1.165, 1.54) is 17.7 Å². The second-order valence-corrected chi connectivity index (χ2v) is 7.21. The van der Waals surface area contributed by atoms with Crippen molar-refractivity contribution in [3.8, 4) is 11.1 Å². The molecule has 0 aliphatic heterocycles. The van der Waals surface area contributed by atoms with E-state index in [4.69, 9.17) is 0 Å². The molecule has 0 fully saturated rings. The van der Waals surface area contributed by atoms with Gasteiger partial charge in [0.05, 0.1) is 11.5 Å². The summed E-state index contributed by atoms with van der Waals surface area (Å²) in [5, 5.41) is 0. The van der Waals surface area contributed by atoms with E-state index in [9.17, 15) is 18.0 Å². The summed E-state index contributed by atoms with van der Waals surface area (Å²) in [7, 11) is 0. The number of Topliss-reactive ketones (excluding diaryl/α,β-unsaturated/α-hetero) is 1. The van der Waals surface area contributed by atoms with Gasteiger partial charge >= 0.3 is 6.18 Å². The average Bonchev–Trinajstić information content (AvgIpc) is 2.97. The van der Waals surface area contributed by atoms with Gasteiger partial charge < -0.3 is 0 Å². The van der Waals surface area contributed by atoms with Gasteiger partial charge in [-0.2, -0.15) is 13.2 Å². The molecular formula is C25H19F3O. The van der Waals surface area contributed by atoms with E-state index >= 15 is 0 Å². The summed E-state index contributed by atoms with van der Waals surface area (Å²) in [6.45, 7) is 6.20. The lowest BCUT2D eigenvalue weighted by Gasteiger charge is -2.13. The summed E-state index contributed by atoms with van der Waals surface area (Å²) in [4.78, 5) is 13.0. The largest absolute Gasteiger partial charge is 0.416 e. The first-order valence-electron chi connectivity index (χ1n) is 9.44. The van der Waals surface area contributed by atoms with Crippen molar-refractivity contribution < 1.29 is 18.0 Å². The third-order valence-electron chi connectivity index (χ3n) is 5.52. The van der Waals surface area contributed by atoms with Crippen molar-refractivity contribution in [2.45, 2.75) is 25.4 Å². The fourth-order valence-electron chi connectivity index (χ4n) is 3.99. The van der Waals surface area contributed by atoms with Gasteiger partial charge in [0.25, 0.3) is 0 Å². The van der Waals surface area contributed by atoms with Crippen LogP contribution in [0.2, 0.25) is 0 Å². The van der Waals surface area contributed by atoms with Crippen molar-refractivity contribution in [3.05, 3.63) is 101 Å². The summed E-state index contributed by atoms with van der Waals surface area (Å²) < 4.78 is 38.5. The Labute approximate surface area is 167 Å². The maximum atomic E-state index is 13.0. The van der Waals surface area contributed by atoms with Crippen LogP contribution in [0.1, 0.15) is 45.5 Å². The number of rotatable bonds is 3. The maximum Gasteiger partial charge on any atom is 0.416 e. The molecule has 0 saturated heterocycles. The fraction of sp³-hybridized carbons (Fsp3) is 0.160. The molecule has 3 aromatic carbocycles. The summed E-state index contributed by atoms with van der Waals surface area (Å²) in [6.07, 6.45) is -3.51. The zero-order valence-electron chi connectivity index (χ0n) is 15.9. The Kier molecular flexibility index (Phi) is 4.65. The highest BCUT2D eigenvalue weighted by atomic mass is 19.4. The molecule has 0 spiro atoms. The lowest BCUT2D eigenvalue weighted by molar-refractivity contribution is -0.137. The quantitative estimate of drug-likeness (QED) is 0.472. The molecule has 1 aliphatic carbocycles. The van der Waals surface area contributed by atoms with Crippen LogP contribution < -0.4 is 0 Å². The lowest BCUT2D eigenvalue weighted by Crippen LogP contribution is -2.08. The molecule has 0 saturated carbocycles. The Balaban J connectivity index is 1.72. The summed E-state index contributed by atoms with van der Waals surface area (Å²) in [5.41, 5.74) is 5.08. The van der Waals surface area contributed by atoms with Crippen molar-refractivity contribution in [2.75, 3.05) is 0 Å². The number of alkyl halides is 3. The number of benzene rings is 3. The maximum absolute atomic E-state index is 13.0. The molecule has 1 aliphatic rings. The van der Waals surface area contributed by atoms with Crippen molar-refractivity contribution in [1.29, 1.82) is 0 Å². The van der Waals surface area contributed by atoms with Gasteiger partial charge in [-0.3, -0.25) is 4.79 Å². The smallest absolute Gasteiger partial charge is 0.293 e. The van der Waals surface area contributed by atoms with Gasteiger partial charge in [-0.15, -0.1) is 0 Å². The standard InChI is InChI=1S/C25H19F3O/c1-3-16-6-4-5-7-20(16)18-10-13-21-22(14-18)15(2)23(24(21)29)17-8-11-19(12-9-17)25(26,27)28/h4-14,23H,2-3H2,1H3. The third kappa shape index (κ3) is 3.29. The van der Waals surface area contributed by atoms with Gasteiger partial charge in [0.2, 0.25) is 0 Å². The summed E-state index contributed by atoms with van der Waals surface area (Å²) in [6, 6.07) is 18.6. The fourth-order valence-corrected chi connectivity index (χ4v) is 3.99. The number of ketones is 1. The van der Waals surface area contributed by atoms with Crippen LogP contribution in [0.25, 0.3) is 16.7 Å². The number of hydrogen-bond donors (Lipinski definition) is 0. The minimum absolute atomic E-state index is 0.125. The summed E-state index contributed by atoms with van der Waals surface area (Å²) in [5.74, 6) is -0.774. The van der Waals surface area contributed by atoms with Crippen LogP contribution in [0.3, 0.4) is 0 Å². The van der Waals surface area contributed by atoms with Crippen LogP contribution in [0, 0.1) is 0 Å². The average molecular weight is 392 g/mol. The van der Waals surface area contributed by atoms with Gasteiger partial charge in [-0.05, 0) is 58.0 Å². The molecule has 0 heterocycles. The van der Waals surface area contributed by atoms with E-state index in [2.05, 4.69) is 19.6 Å².